The van der Waals surface area contributed by atoms with Crippen LogP contribution in [0.3, 0.4) is 0 Å². The van der Waals surface area contributed by atoms with Gasteiger partial charge in [-0.05, 0) is 18.2 Å². The zero-order valence-corrected chi connectivity index (χ0v) is 11.9. The standard InChI is InChI=1S/C17H15FN2O2/c18-13-9-12-16(10-14(13)20-7-5-19-6-8-20)22-15-4-2-1-3-11(15)17(12)21/h1-4,9-10,19H,5-8H2. The molecule has 3 aromatic rings. The van der Waals surface area contributed by atoms with Gasteiger partial charge in [0, 0.05) is 32.2 Å². The molecule has 0 saturated carbocycles. The first kappa shape index (κ1) is 13.3. The van der Waals surface area contributed by atoms with Crippen molar-refractivity contribution in [2.75, 3.05) is 31.1 Å². The van der Waals surface area contributed by atoms with E-state index in [4.69, 9.17) is 4.42 Å². The summed E-state index contributed by atoms with van der Waals surface area (Å²) >= 11 is 0. The second-order valence-electron chi connectivity index (χ2n) is 5.46. The van der Waals surface area contributed by atoms with Gasteiger partial charge in [-0.25, -0.2) is 4.39 Å². The van der Waals surface area contributed by atoms with Gasteiger partial charge < -0.3 is 14.6 Å². The fourth-order valence-corrected chi connectivity index (χ4v) is 2.96. The molecule has 112 valence electrons. The Labute approximate surface area is 126 Å². The molecule has 0 aliphatic carbocycles. The van der Waals surface area contributed by atoms with Gasteiger partial charge in [0.05, 0.1) is 16.5 Å². The summed E-state index contributed by atoms with van der Waals surface area (Å²) < 4.78 is 20.2. The van der Waals surface area contributed by atoms with Crippen molar-refractivity contribution in [3.63, 3.8) is 0 Å². The van der Waals surface area contributed by atoms with Gasteiger partial charge in [-0.1, -0.05) is 12.1 Å². The quantitative estimate of drug-likeness (QED) is 0.701. The van der Waals surface area contributed by atoms with Crippen molar-refractivity contribution >= 4 is 27.6 Å². The van der Waals surface area contributed by atoms with Crippen LogP contribution in [0.25, 0.3) is 21.9 Å². The first-order valence-electron chi connectivity index (χ1n) is 7.35. The van der Waals surface area contributed by atoms with Gasteiger partial charge in [0.1, 0.15) is 17.0 Å². The largest absolute Gasteiger partial charge is 0.456 e. The number of nitrogens with one attached hydrogen (secondary N) is 1. The molecule has 5 heteroatoms. The zero-order valence-electron chi connectivity index (χ0n) is 11.9. The molecule has 0 atom stereocenters. The van der Waals surface area contributed by atoms with Crippen molar-refractivity contribution < 1.29 is 8.81 Å². The molecular formula is C17H15FN2O2. The summed E-state index contributed by atoms with van der Waals surface area (Å²) in [4.78, 5) is 14.5. The van der Waals surface area contributed by atoms with Crippen LogP contribution < -0.4 is 15.6 Å². The van der Waals surface area contributed by atoms with E-state index in [1.165, 1.54) is 6.07 Å². The Balaban J connectivity index is 1.96. The summed E-state index contributed by atoms with van der Waals surface area (Å²) in [5.41, 5.74) is 1.26. The van der Waals surface area contributed by atoms with Crippen LogP contribution in [-0.2, 0) is 0 Å². The van der Waals surface area contributed by atoms with Crippen LogP contribution in [-0.4, -0.2) is 26.2 Å². The first-order valence-corrected chi connectivity index (χ1v) is 7.35. The smallest absolute Gasteiger partial charge is 0.200 e. The molecule has 1 aromatic heterocycles. The van der Waals surface area contributed by atoms with E-state index in [0.717, 1.165) is 26.2 Å². The minimum absolute atomic E-state index is 0.192. The van der Waals surface area contributed by atoms with Gasteiger partial charge in [-0.3, -0.25) is 4.79 Å². The number of fused-ring (bicyclic) bond motifs is 2. The molecule has 0 radical (unpaired) electrons. The highest BCUT2D eigenvalue weighted by atomic mass is 19.1. The number of benzene rings is 2. The number of hydrogen-bond acceptors (Lipinski definition) is 4. The lowest BCUT2D eigenvalue weighted by Crippen LogP contribution is -2.43. The monoisotopic (exact) mass is 298 g/mol. The Hall–Kier alpha value is -2.40. The molecule has 22 heavy (non-hydrogen) atoms. The van der Waals surface area contributed by atoms with Gasteiger partial charge in [-0.15, -0.1) is 0 Å². The van der Waals surface area contributed by atoms with Crippen LogP contribution in [0.1, 0.15) is 0 Å². The first-order chi connectivity index (χ1) is 10.7. The summed E-state index contributed by atoms with van der Waals surface area (Å²) in [5, 5.41) is 4.00. The van der Waals surface area contributed by atoms with Crippen molar-refractivity contribution in [2.24, 2.45) is 0 Å². The molecule has 4 rings (SSSR count). The highest BCUT2D eigenvalue weighted by molar-refractivity contribution is 5.91. The summed E-state index contributed by atoms with van der Waals surface area (Å²) in [6.07, 6.45) is 0. The molecule has 1 saturated heterocycles. The van der Waals surface area contributed by atoms with E-state index in [0.29, 0.717) is 22.2 Å². The molecule has 0 bridgehead atoms. The van der Waals surface area contributed by atoms with Gasteiger partial charge in [-0.2, -0.15) is 0 Å². The van der Waals surface area contributed by atoms with Crippen molar-refractivity contribution in [1.82, 2.24) is 5.32 Å². The van der Waals surface area contributed by atoms with Crippen LogP contribution in [0.2, 0.25) is 0 Å². The molecule has 0 unspecified atom stereocenters. The molecule has 2 heterocycles. The second kappa shape index (κ2) is 5.10. The molecule has 4 nitrogen and oxygen atoms in total. The minimum Gasteiger partial charge on any atom is -0.456 e. The van der Waals surface area contributed by atoms with E-state index in [-0.39, 0.29) is 16.6 Å². The van der Waals surface area contributed by atoms with E-state index in [1.807, 2.05) is 11.0 Å². The second-order valence-corrected chi connectivity index (χ2v) is 5.46. The third kappa shape index (κ3) is 2.05. The molecular weight excluding hydrogens is 283 g/mol. The van der Waals surface area contributed by atoms with Gasteiger partial charge in [0.15, 0.2) is 0 Å². The number of piperazine rings is 1. The summed E-state index contributed by atoms with van der Waals surface area (Å²) in [5.74, 6) is -0.378. The van der Waals surface area contributed by atoms with Crippen LogP contribution in [0.15, 0.2) is 45.6 Å². The Kier molecular flexibility index (Phi) is 3.08. The lowest BCUT2D eigenvalue weighted by molar-refractivity contribution is 0.565. The van der Waals surface area contributed by atoms with E-state index in [2.05, 4.69) is 5.32 Å². The number of hydrogen-bond donors (Lipinski definition) is 1. The predicted molar refractivity (Wildman–Crippen MR) is 85.0 cm³/mol. The molecule has 1 N–H and O–H groups in total. The SMILES string of the molecule is O=c1c2ccccc2oc2cc(N3CCNCC3)c(F)cc12. The van der Waals surface area contributed by atoms with E-state index in [1.54, 1.807) is 24.3 Å². The Bertz CT molecular complexity index is 914. The molecule has 1 aliphatic rings. The van der Waals surface area contributed by atoms with Crippen molar-refractivity contribution in [2.45, 2.75) is 0 Å². The highest BCUT2D eigenvalue weighted by Crippen LogP contribution is 2.27. The normalized spacial score (nSPS) is 15.6. The van der Waals surface area contributed by atoms with E-state index in [9.17, 15) is 9.18 Å². The number of halogens is 1. The van der Waals surface area contributed by atoms with Crippen LogP contribution in [0.5, 0.6) is 0 Å². The Morgan fingerprint density at radius 3 is 2.64 bits per heavy atom. The maximum atomic E-state index is 14.4. The number of para-hydroxylation sites is 1. The molecule has 0 amide bonds. The van der Waals surface area contributed by atoms with Crippen molar-refractivity contribution in [3.8, 4) is 0 Å². The van der Waals surface area contributed by atoms with Crippen molar-refractivity contribution in [3.05, 3.63) is 52.4 Å². The van der Waals surface area contributed by atoms with Crippen LogP contribution in [0, 0.1) is 5.82 Å². The third-order valence-electron chi connectivity index (χ3n) is 4.10. The molecule has 1 fully saturated rings. The fraction of sp³-hybridized carbons (Fsp3) is 0.235. The number of nitrogens with zero attached hydrogens (tertiary/aromatic N) is 1. The zero-order chi connectivity index (χ0) is 15.1. The van der Waals surface area contributed by atoms with E-state index >= 15 is 0 Å². The molecule has 2 aromatic carbocycles. The Morgan fingerprint density at radius 2 is 1.82 bits per heavy atom. The summed E-state index contributed by atoms with van der Waals surface area (Å²) in [6, 6.07) is 9.98. The summed E-state index contributed by atoms with van der Waals surface area (Å²) in [7, 11) is 0. The van der Waals surface area contributed by atoms with Gasteiger partial charge in [0.25, 0.3) is 0 Å². The number of anilines is 1. The number of rotatable bonds is 1. The maximum Gasteiger partial charge on any atom is 0.200 e. The van der Waals surface area contributed by atoms with Crippen LogP contribution in [0.4, 0.5) is 10.1 Å². The lowest BCUT2D eigenvalue weighted by Gasteiger charge is -2.29. The summed E-state index contributed by atoms with van der Waals surface area (Å²) in [6.45, 7) is 3.11. The van der Waals surface area contributed by atoms with E-state index < -0.39 is 0 Å². The third-order valence-corrected chi connectivity index (χ3v) is 4.10. The van der Waals surface area contributed by atoms with Gasteiger partial charge >= 0.3 is 0 Å². The highest BCUT2D eigenvalue weighted by Gasteiger charge is 2.17. The Morgan fingerprint density at radius 1 is 1.05 bits per heavy atom. The minimum atomic E-state index is -0.378. The maximum absolute atomic E-state index is 14.4. The van der Waals surface area contributed by atoms with Crippen molar-refractivity contribution in [1.29, 1.82) is 0 Å². The predicted octanol–water partition coefficient (Wildman–Crippen LogP) is 2.49. The fourth-order valence-electron chi connectivity index (χ4n) is 2.96. The average molecular weight is 298 g/mol. The lowest BCUT2D eigenvalue weighted by atomic mass is 10.1. The van der Waals surface area contributed by atoms with Gasteiger partial charge in [0.2, 0.25) is 5.43 Å². The molecule has 0 spiro atoms. The topological polar surface area (TPSA) is 45.5 Å². The van der Waals surface area contributed by atoms with Crippen LogP contribution >= 0.6 is 0 Å². The average Bonchev–Trinajstić information content (AvgIpc) is 2.56. The molecule has 1 aliphatic heterocycles.